The van der Waals surface area contributed by atoms with Gasteiger partial charge in [-0.15, -0.1) is 0 Å². The molecule has 1 rings (SSSR count). The molecule has 0 saturated heterocycles. The van der Waals surface area contributed by atoms with Crippen molar-refractivity contribution in [2.45, 2.75) is 6.92 Å². The molecule has 1 amide bonds. The number of nitrogens with one attached hydrogen (secondary N) is 1. The van der Waals surface area contributed by atoms with Crippen LogP contribution in [0.3, 0.4) is 0 Å². The Morgan fingerprint density at radius 3 is 2.92 bits per heavy atom. The van der Waals surface area contributed by atoms with Gasteiger partial charge in [-0.1, -0.05) is 17.7 Å². The fourth-order valence-electron chi connectivity index (χ4n) is 0.899. The predicted octanol–water partition coefficient (Wildman–Crippen LogP) is 0.530. The van der Waals surface area contributed by atoms with Gasteiger partial charge in [-0.2, -0.15) is 10.8 Å². The van der Waals surface area contributed by atoms with Gasteiger partial charge in [0.15, 0.2) is 0 Å². The highest BCUT2D eigenvalue weighted by Crippen LogP contribution is 2.02. The number of nitrogens with two attached hydrogens (primary N) is 1. The zero-order valence-corrected chi connectivity index (χ0v) is 6.70. The number of hydroxylamine groups is 1. The predicted molar refractivity (Wildman–Crippen MR) is 43.9 cm³/mol. The van der Waals surface area contributed by atoms with Crippen molar-refractivity contribution < 1.29 is 9.73 Å². The van der Waals surface area contributed by atoms with Gasteiger partial charge in [0.1, 0.15) is 0 Å². The van der Waals surface area contributed by atoms with Crippen molar-refractivity contribution in [2.75, 3.05) is 0 Å². The highest BCUT2D eigenvalue weighted by atomic mass is 16.8. The number of rotatable bonds is 2. The average Bonchev–Trinajstić information content (AvgIpc) is 2.05. The quantitative estimate of drug-likeness (QED) is 0.630. The largest absolute Gasteiger partial charge is 0.276 e. The van der Waals surface area contributed by atoms with E-state index in [0.29, 0.717) is 5.56 Å². The smallest absolute Gasteiger partial charge is 0.267 e. The second-order valence-electron chi connectivity index (χ2n) is 2.42. The zero-order valence-electron chi connectivity index (χ0n) is 6.70. The van der Waals surface area contributed by atoms with E-state index in [4.69, 9.17) is 0 Å². The standard InChI is InChI=1S/C8H10N2O2/c1-6-3-2-4-7(5-6)8(11)10-12-9/h2-5H,9H2,1H3,(H,10,11). The lowest BCUT2D eigenvalue weighted by Crippen LogP contribution is -2.26. The summed E-state index contributed by atoms with van der Waals surface area (Å²) in [5, 5.41) is 0. The number of carbonyl (C=O) groups is 1. The van der Waals surface area contributed by atoms with Crippen molar-refractivity contribution in [3.05, 3.63) is 35.4 Å². The van der Waals surface area contributed by atoms with Crippen LogP contribution in [0.2, 0.25) is 0 Å². The van der Waals surface area contributed by atoms with Gasteiger partial charge < -0.3 is 0 Å². The summed E-state index contributed by atoms with van der Waals surface area (Å²) in [7, 11) is 0. The van der Waals surface area contributed by atoms with Crippen molar-refractivity contribution in [1.82, 2.24) is 5.48 Å². The number of aryl methyl sites for hydroxylation is 1. The minimum Gasteiger partial charge on any atom is -0.267 e. The van der Waals surface area contributed by atoms with Gasteiger partial charge in [0.05, 0.1) is 0 Å². The number of hydrogen-bond acceptors (Lipinski definition) is 3. The lowest BCUT2D eigenvalue weighted by Gasteiger charge is -2.01. The molecule has 0 aromatic heterocycles. The molecule has 0 saturated carbocycles. The Bertz CT molecular complexity index is 286. The highest BCUT2D eigenvalue weighted by molar-refractivity contribution is 5.93. The summed E-state index contributed by atoms with van der Waals surface area (Å²) in [6, 6.07) is 7.12. The van der Waals surface area contributed by atoms with E-state index in [1.807, 2.05) is 18.5 Å². The van der Waals surface area contributed by atoms with Crippen LogP contribution < -0.4 is 11.4 Å². The van der Waals surface area contributed by atoms with Crippen LogP contribution >= 0.6 is 0 Å². The maximum absolute atomic E-state index is 11.1. The molecule has 12 heavy (non-hydrogen) atoms. The summed E-state index contributed by atoms with van der Waals surface area (Å²) < 4.78 is 0. The van der Waals surface area contributed by atoms with Crippen molar-refractivity contribution in [2.24, 2.45) is 5.90 Å². The fourth-order valence-corrected chi connectivity index (χ4v) is 0.899. The first-order chi connectivity index (χ1) is 5.74. The molecule has 0 aliphatic heterocycles. The van der Waals surface area contributed by atoms with Gasteiger partial charge >= 0.3 is 0 Å². The molecular formula is C8H10N2O2. The SMILES string of the molecule is Cc1cccc(C(=O)NON)c1. The summed E-state index contributed by atoms with van der Waals surface area (Å²) in [5.41, 5.74) is 3.57. The Hall–Kier alpha value is -1.39. The first kappa shape index (κ1) is 8.70. The molecule has 0 atom stereocenters. The van der Waals surface area contributed by atoms with E-state index in [1.54, 1.807) is 18.2 Å². The minimum absolute atomic E-state index is 0.346. The van der Waals surface area contributed by atoms with Crippen LogP contribution in [0.4, 0.5) is 0 Å². The van der Waals surface area contributed by atoms with Crippen molar-refractivity contribution in [1.29, 1.82) is 0 Å². The van der Waals surface area contributed by atoms with E-state index in [0.717, 1.165) is 5.56 Å². The molecule has 0 spiro atoms. The van der Waals surface area contributed by atoms with Crippen LogP contribution in [0.1, 0.15) is 15.9 Å². The van der Waals surface area contributed by atoms with Crippen LogP contribution in [0, 0.1) is 6.92 Å². The molecule has 4 heteroatoms. The Kier molecular flexibility index (Phi) is 2.79. The van der Waals surface area contributed by atoms with E-state index in [2.05, 4.69) is 10.8 Å². The Balaban J connectivity index is 2.81. The molecule has 0 fully saturated rings. The summed E-state index contributed by atoms with van der Waals surface area (Å²) in [5.74, 6) is 4.33. The van der Waals surface area contributed by atoms with Crippen molar-refractivity contribution >= 4 is 5.91 Å². The monoisotopic (exact) mass is 166 g/mol. The van der Waals surface area contributed by atoms with Gasteiger partial charge in [-0.3, -0.25) is 4.79 Å². The summed E-state index contributed by atoms with van der Waals surface area (Å²) in [6.45, 7) is 1.90. The number of hydrogen-bond donors (Lipinski definition) is 2. The molecule has 0 bridgehead atoms. The Morgan fingerprint density at radius 2 is 2.33 bits per heavy atom. The third kappa shape index (κ3) is 2.05. The van der Waals surface area contributed by atoms with Gasteiger partial charge in [0.25, 0.3) is 5.91 Å². The topological polar surface area (TPSA) is 64.3 Å². The first-order valence-corrected chi connectivity index (χ1v) is 3.47. The van der Waals surface area contributed by atoms with E-state index in [1.165, 1.54) is 0 Å². The molecule has 0 unspecified atom stereocenters. The molecular weight excluding hydrogens is 156 g/mol. The second kappa shape index (κ2) is 3.85. The Labute approximate surface area is 70.2 Å². The third-order valence-electron chi connectivity index (χ3n) is 1.43. The first-order valence-electron chi connectivity index (χ1n) is 3.47. The van der Waals surface area contributed by atoms with Crippen LogP contribution in [0.15, 0.2) is 24.3 Å². The molecule has 0 radical (unpaired) electrons. The molecule has 64 valence electrons. The average molecular weight is 166 g/mol. The molecule has 1 aromatic rings. The molecule has 0 aliphatic carbocycles. The van der Waals surface area contributed by atoms with E-state index in [-0.39, 0.29) is 5.91 Å². The summed E-state index contributed by atoms with van der Waals surface area (Å²) in [4.78, 5) is 15.1. The minimum atomic E-state index is -0.346. The number of amides is 1. The van der Waals surface area contributed by atoms with Crippen molar-refractivity contribution in [3.63, 3.8) is 0 Å². The maximum Gasteiger partial charge on any atom is 0.276 e. The van der Waals surface area contributed by atoms with Gasteiger partial charge in [0.2, 0.25) is 0 Å². The lowest BCUT2D eigenvalue weighted by molar-refractivity contribution is 0.0310. The van der Waals surface area contributed by atoms with Crippen molar-refractivity contribution in [3.8, 4) is 0 Å². The van der Waals surface area contributed by atoms with Gasteiger partial charge in [-0.25, -0.2) is 5.48 Å². The Morgan fingerprint density at radius 1 is 1.58 bits per heavy atom. The maximum atomic E-state index is 11.1. The van der Waals surface area contributed by atoms with Crippen LogP contribution in [0.25, 0.3) is 0 Å². The normalized spacial score (nSPS) is 9.50. The highest BCUT2D eigenvalue weighted by Gasteiger charge is 2.03. The molecule has 1 aromatic carbocycles. The van der Waals surface area contributed by atoms with Crippen LogP contribution in [-0.4, -0.2) is 5.91 Å². The second-order valence-corrected chi connectivity index (χ2v) is 2.42. The lowest BCUT2D eigenvalue weighted by atomic mass is 10.1. The van der Waals surface area contributed by atoms with Crippen LogP contribution in [-0.2, 0) is 4.94 Å². The number of carbonyl (C=O) groups excluding carboxylic acids is 1. The van der Waals surface area contributed by atoms with E-state index in [9.17, 15) is 4.79 Å². The third-order valence-corrected chi connectivity index (χ3v) is 1.43. The molecule has 0 aliphatic rings. The van der Waals surface area contributed by atoms with E-state index < -0.39 is 0 Å². The number of benzene rings is 1. The van der Waals surface area contributed by atoms with Gasteiger partial charge in [0, 0.05) is 5.56 Å². The summed E-state index contributed by atoms with van der Waals surface area (Å²) in [6.07, 6.45) is 0. The van der Waals surface area contributed by atoms with E-state index >= 15 is 0 Å². The molecule has 4 nitrogen and oxygen atoms in total. The zero-order chi connectivity index (χ0) is 8.97. The van der Waals surface area contributed by atoms with Gasteiger partial charge in [-0.05, 0) is 19.1 Å². The molecule has 3 N–H and O–H groups in total. The summed E-state index contributed by atoms with van der Waals surface area (Å²) >= 11 is 0. The molecule has 0 heterocycles. The fraction of sp³-hybridized carbons (Fsp3) is 0.125. The van der Waals surface area contributed by atoms with Crippen LogP contribution in [0.5, 0.6) is 0 Å².